The van der Waals surface area contributed by atoms with Crippen molar-refractivity contribution >= 4 is 18.3 Å². The van der Waals surface area contributed by atoms with Crippen molar-refractivity contribution in [2.24, 2.45) is 5.73 Å². The summed E-state index contributed by atoms with van der Waals surface area (Å²) in [7, 11) is 0. The van der Waals surface area contributed by atoms with Gasteiger partial charge in [0.15, 0.2) is 11.6 Å². The molecule has 0 spiro atoms. The van der Waals surface area contributed by atoms with Crippen LogP contribution in [0.1, 0.15) is 12.8 Å². The van der Waals surface area contributed by atoms with Gasteiger partial charge in [0, 0.05) is 32.0 Å². The molecule has 0 radical (unpaired) electrons. The topological polar surface area (TPSA) is 55.6 Å². The molecule has 0 aliphatic carbocycles. The summed E-state index contributed by atoms with van der Waals surface area (Å²) >= 11 is 0. The molecule has 1 aliphatic heterocycles. The van der Waals surface area contributed by atoms with Crippen molar-refractivity contribution in [2.45, 2.75) is 18.9 Å². The van der Waals surface area contributed by atoms with Gasteiger partial charge in [-0.1, -0.05) is 0 Å². The van der Waals surface area contributed by atoms with E-state index < -0.39 is 11.6 Å². The van der Waals surface area contributed by atoms with Crippen LogP contribution in [-0.4, -0.2) is 36.5 Å². The third kappa shape index (κ3) is 4.05. The third-order valence-corrected chi connectivity index (χ3v) is 3.16. The van der Waals surface area contributed by atoms with E-state index in [1.165, 1.54) is 6.07 Å². The highest BCUT2D eigenvalue weighted by Crippen LogP contribution is 2.22. The molecule has 112 valence electrons. The number of nitrogens with two attached hydrogens (primary N) is 1. The van der Waals surface area contributed by atoms with Crippen LogP contribution in [0.2, 0.25) is 0 Å². The largest absolute Gasteiger partial charge is 0.487 e. The average molecular weight is 307 g/mol. The summed E-state index contributed by atoms with van der Waals surface area (Å²) < 4.78 is 31.7. The molecule has 1 amide bonds. The highest BCUT2D eigenvalue weighted by Gasteiger charge is 2.23. The first-order chi connectivity index (χ1) is 9.10. The smallest absolute Gasteiger partial charge is 0.236 e. The van der Waals surface area contributed by atoms with Gasteiger partial charge in [-0.05, 0) is 12.1 Å². The van der Waals surface area contributed by atoms with E-state index in [-0.39, 0.29) is 36.7 Å². The molecule has 1 aromatic carbocycles. The van der Waals surface area contributed by atoms with E-state index in [1.54, 1.807) is 4.90 Å². The zero-order chi connectivity index (χ0) is 13.8. The number of ether oxygens (including phenoxy) is 1. The molecule has 1 saturated heterocycles. The predicted molar refractivity (Wildman–Crippen MR) is 72.9 cm³/mol. The van der Waals surface area contributed by atoms with E-state index >= 15 is 0 Å². The molecule has 1 heterocycles. The Kier molecular flexibility index (Phi) is 6.16. The minimum Gasteiger partial charge on any atom is -0.487 e. The highest BCUT2D eigenvalue weighted by atomic mass is 35.5. The van der Waals surface area contributed by atoms with Gasteiger partial charge in [0.05, 0.1) is 6.54 Å². The molecule has 1 fully saturated rings. The number of halogens is 3. The van der Waals surface area contributed by atoms with E-state index in [2.05, 4.69) is 0 Å². The maximum atomic E-state index is 13.4. The molecule has 1 aromatic rings. The standard InChI is InChI=1S/C13H16F2N2O2.ClH/c14-9-1-2-12(11(15)7-9)19-10-3-5-17(6-4-10)13(18)8-16;/h1-2,7,10H,3-6,8,16H2;1H. The van der Waals surface area contributed by atoms with Crippen molar-refractivity contribution in [2.75, 3.05) is 19.6 Å². The van der Waals surface area contributed by atoms with Crippen molar-refractivity contribution in [1.82, 2.24) is 4.90 Å². The third-order valence-electron chi connectivity index (χ3n) is 3.16. The summed E-state index contributed by atoms with van der Waals surface area (Å²) in [6.07, 6.45) is 1.06. The Balaban J connectivity index is 0.00000200. The lowest BCUT2D eigenvalue weighted by molar-refractivity contribution is -0.131. The summed E-state index contributed by atoms with van der Waals surface area (Å²) in [5.74, 6) is -1.38. The lowest BCUT2D eigenvalue weighted by atomic mass is 10.1. The van der Waals surface area contributed by atoms with Crippen LogP contribution in [0.4, 0.5) is 8.78 Å². The van der Waals surface area contributed by atoms with Crippen LogP contribution < -0.4 is 10.5 Å². The number of carbonyl (C=O) groups excluding carboxylic acids is 1. The molecule has 0 unspecified atom stereocenters. The molecule has 0 bridgehead atoms. The molecule has 20 heavy (non-hydrogen) atoms. The van der Waals surface area contributed by atoms with Crippen molar-refractivity contribution in [3.8, 4) is 5.75 Å². The van der Waals surface area contributed by atoms with Gasteiger partial charge < -0.3 is 15.4 Å². The van der Waals surface area contributed by atoms with E-state index in [4.69, 9.17) is 10.5 Å². The minimum atomic E-state index is -0.708. The van der Waals surface area contributed by atoms with Gasteiger partial charge in [0.2, 0.25) is 5.91 Å². The molecule has 2 N–H and O–H groups in total. The lowest BCUT2D eigenvalue weighted by Crippen LogP contribution is -2.44. The Morgan fingerprint density at radius 2 is 2.00 bits per heavy atom. The quantitative estimate of drug-likeness (QED) is 0.925. The number of nitrogens with zero attached hydrogens (tertiary/aromatic N) is 1. The summed E-state index contributed by atoms with van der Waals surface area (Å²) in [6.45, 7) is 1.09. The molecule has 1 aliphatic rings. The van der Waals surface area contributed by atoms with Gasteiger partial charge >= 0.3 is 0 Å². The number of amides is 1. The van der Waals surface area contributed by atoms with Gasteiger partial charge in [-0.2, -0.15) is 0 Å². The Hall–Kier alpha value is -1.40. The van der Waals surface area contributed by atoms with Gasteiger partial charge in [-0.15, -0.1) is 12.4 Å². The fraction of sp³-hybridized carbons (Fsp3) is 0.462. The van der Waals surface area contributed by atoms with Gasteiger partial charge in [0.1, 0.15) is 11.9 Å². The molecular weight excluding hydrogens is 290 g/mol. The van der Waals surface area contributed by atoms with Crippen LogP contribution in [0.3, 0.4) is 0 Å². The summed E-state index contributed by atoms with van der Waals surface area (Å²) in [5, 5.41) is 0. The average Bonchev–Trinajstić information content (AvgIpc) is 2.42. The predicted octanol–water partition coefficient (Wildman–Crippen LogP) is 1.72. The highest BCUT2D eigenvalue weighted by molar-refractivity contribution is 5.85. The van der Waals surface area contributed by atoms with Gasteiger partial charge in [-0.25, -0.2) is 8.78 Å². The second kappa shape index (κ2) is 7.40. The number of piperidine rings is 1. The summed E-state index contributed by atoms with van der Waals surface area (Å²) in [5.41, 5.74) is 5.29. The summed E-state index contributed by atoms with van der Waals surface area (Å²) in [4.78, 5) is 13.0. The lowest BCUT2D eigenvalue weighted by Gasteiger charge is -2.32. The SMILES string of the molecule is Cl.NCC(=O)N1CCC(Oc2ccc(F)cc2F)CC1. The Morgan fingerprint density at radius 1 is 1.35 bits per heavy atom. The Labute approximate surface area is 122 Å². The normalized spacial score (nSPS) is 15.7. The van der Waals surface area contributed by atoms with E-state index in [0.29, 0.717) is 25.9 Å². The van der Waals surface area contributed by atoms with Crippen LogP contribution in [0, 0.1) is 11.6 Å². The van der Waals surface area contributed by atoms with E-state index in [1.807, 2.05) is 0 Å². The molecule has 2 rings (SSSR count). The number of rotatable bonds is 3. The maximum absolute atomic E-state index is 13.4. The van der Waals surface area contributed by atoms with Crippen molar-refractivity contribution < 1.29 is 18.3 Å². The van der Waals surface area contributed by atoms with Crippen molar-refractivity contribution in [1.29, 1.82) is 0 Å². The second-order valence-electron chi connectivity index (χ2n) is 4.48. The van der Waals surface area contributed by atoms with Gasteiger partial charge in [-0.3, -0.25) is 4.79 Å². The number of hydrogen-bond acceptors (Lipinski definition) is 3. The second-order valence-corrected chi connectivity index (χ2v) is 4.48. The summed E-state index contributed by atoms with van der Waals surface area (Å²) in [6, 6.07) is 3.23. The molecule has 0 atom stereocenters. The number of benzene rings is 1. The zero-order valence-electron chi connectivity index (χ0n) is 10.9. The van der Waals surface area contributed by atoms with Crippen molar-refractivity contribution in [3.63, 3.8) is 0 Å². The molecule has 0 saturated carbocycles. The first-order valence-corrected chi connectivity index (χ1v) is 6.19. The number of likely N-dealkylation sites (tertiary alicyclic amines) is 1. The fourth-order valence-electron chi connectivity index (χ4n) is 2.10. The fourth-order valence-corrected chi connectivity index (χ4v) is 2.10. The van der Waals surface area contributed by atoms with Gasteiger partial charge in [0.25, 0.3) is 0 Å². The van der Waals surface area contributed by atoms with E-state index in [0.717, 1.165) is 12.1 Å². The first-order valence-electron chi connectivity index (χ1n) is 6.19. The molecule has 7 heteroatoms. The molecule has 0 aromatic heterocycles. The molecular formula is C13H17ClF2N2O2. The number of carbonyl (C=O) groups is 1. The monoisotopic (exact) mass is 306 g/mol. The van der Waals surface area contributed by atoms with Crippen LogP contribution in [-0.2, 0) is 4.79 Å². The zero-order valence-corrected chi connectivity index (χ0v) is 11.7. The maximum Gasteiger partial charge on any atom is 0.236 e. The minimum absolute atomic E-state index is 0. The first kappa shape index (κ1) is 16.7. The molecule has 4 nitrogen and oxygen atoms in total. The Bertz CT molecular complexity index is 466. The van der Waals surface area contributed by atoms with E-state index in [9.17, 15) is 13.6 Å². The van der Waals surface area contributed by atoms with Crippen LogP contribution in [0.5, 0.6) is 5.75 Å². The van der Waals surface area contributed by atoms with Crippen LogP contribution >= 0.6 is 12.4 Å². The Morgan fingerprint density at radius 3 is 2.55 bits per heavy atom. The number of hydrogen-bond donors (Lipinski definition) is 1. The van der Waals surface area contributed by atoms with Crippen LogP contribution in [0.25, 0.3) is 0 Å². The van der Waals surface area contributed by atoms with Crippen LogP contribution in [0.15, 0.2) is 18.2 Å². The van der Waals surface area contributed by atoms with Crippen molar-refractivity contribution in [3.05, 3.63) is 29.8 Å².